The van der Waals surface area contributed by atoms with Crippen LogP contribution in [0.15, 0.2) is 24.3 Å². The number of methoxy groups -OCH3 is 1. The molecule has 1 aromatic heterocycles. The first-order valence-corrected chi connectivity index (χ1v) is 6.52. The van der Waals surface area contributed by atoms with E-state index in [-0.39, 0.29) is 24.8 Å². The Labute approximate surface area is 120 Å². The van der Waals surface area contributed by atoms with E-state index in [9.17, 15) is 4.79 Å². The standard InChI is InChI=1S/C12H14ClN5O2/c1-20-10-4-2-9(3-5-10)18-11(15-16-17-18)8-14-12(19)6-7-13/h2-5H,6-8H2,1H3,(H,14,19). The van der Waals surface area contributed by atoms with Gasteiger partial charge in [-0.05, 0) is 34.7 Å². The monoisotopic (exact) mass is 295 g/mol. The Kier molecular flexibility index (Phi) is 4.89. The molecule has 0 bridgehead atoms. The fraction of sp³-hybridized carbons (Fsp3) is 0.333. The number of benzene rings is 1. The SMILES string of the molecule is COc1ccc(-n2nnnc2CNC(=O)CCCl)cc1. The van der Waals surface area contributed by atoms with Gasteiger partial charge in [0.2, 0.25) is 5.91 Å². The molecule has 8 heteroatoms. The molecule has 0 spiro atoms. The van der Waals surface area contributed by atoms with Gasteiger partial charge in [0.25, 0.3) is 0 Å². The second kappa shape index (κ2) is 6.85. The normalized spacial score (nSPS) is 10.3. The maximum absolute atomic E-state index is 11.4. The quantitative estimate of drug-likeness (QED) is 0.801. The largest absolute Gasteiger partial charge is 0.497 e. The Balaban J connectivity index is 2.09. The lowest BCUT2D eigenvalue weighted by Crippen LogP contribution is -2.24. The summed E-state index contributed by atoms with van der Waals surface area (Å²) in [6.45, 7) is 0.245. The van der Waals surface area contributed by atoms with Crippen LogP contribution in [0.25, 0.3) is 5.69 Å². The van der Waals surface area contributed by atoms with Crippen molar-refractivity contribution in [3.05, 3.63) is 30.1 Å². The van der Waals surface area contributed by atoms with Gasteiger partial charge in [-0.3, -0.25) is 4.79 Å². The van der Waals surface area contributed by atoms with Gasteiger partial charge in [-0.25, -0.2) is 0 Å². The minimum absolute atomic E-state index is 0.135. The summed E-state index contributed by atoms with van der Waals surface area (Å²) in [5.41, 5.74) is 0.789. The van der Waals surface area contributed by atoms with E-state index in [2.05, 4.69) is 20.8 Å². The van der Waals surface area contributed by atoms with Crippen LogP contribution in [0.3, 0.4) is 0 Å². The number of rotatable bonds is 6. The summed E-state index contributed by atoms with van der Waals surface area (Å²) in [7, 11) is 1.60. The molecule has 0 saturated heterocycles. The molecule has 1 amide bonds. The Morgan fingerprint density at radius 3 is 2.80 bits per heavy atom. The van der Waals surface area contributed by atoms with Crippen LogP contribution in [0, 0.1) is 0 Å². The molecule has 7 nitrogen and oxygen atoms in total. The molecule has 0 radical (unpaired) electrons. The number of carbonyl (C=O) groups is 1. The third-order valence-electron chi connectivity index (χ3n) is 2.62. The zero-order valence-corrected chi connectivity index (χ0v) is 11.7. The van der Waals surface area contributed by atoms with E-state index in [0.29, 0.717) is 5.82 Å². The average Bonchev–Trinajstić information content (AvgIpc) is 2.94. The summed E-state index contributed by atoms with van der Waals surface area (Å²) >= 11 is 5.49. The lowest BCUT2D eigenvalue weighted by atomic mass is 10.3. The zero-order chi connectivity index (χ0) is 14.4. The summed E-state index contributed by atoms with van der Waals surface area (Å²) in [6, 6.07) is 7.29. The lowest BCUT2D eigenvalue weighted by Gasteiger charge is -2.06. The minimum atomic E-state index is -0.135. The number of tetrazole rings is 1. The molecular weight excluding hydrogens is 282 g/mol. The number of hydrogen-bond donors (Lipinski definition) is 1. The number of amides is 1. The molecule has 0 unspecified atom stereocenters. The maximum Gasteiger partial charge on any atom is 0.221 e. The van der Waals surface area contributed by atoms with E-state index in [0.717, 1.165) is 11.4 Å². The topological polar surface area (TPSA) is 81.9 Å². The Morgan fingerprint density at radius 2 is 2.15 bits per heavy atom. The van der Waals surface area contributed by atoms with Gasteiger partial charge >= 0.3 is 0 Å². The lowest BCUT2D eigenvalue weighted by molar-refractivity contribution is -0.120. The van der Waals surface area contributed by atoms with Crippen molar-refractivity contribution >= 4 is 17.5 Å². The van der Waals surface area contributed by atoms with Crippen LogP contribution in [0.4, 0.5) is 0 Å². The number of hydrogen-bond acceptors (Lipinski definition) is 5. The average molecular weight is 296 g/mol. The van der Waals surface area contributed by atoms with Crippen LogP contribution in [-0.2, 0) is 11.3 Å². The van der Waals surface area contributed by atoms with E-state index >= 15 is 0 Å². The van der Waals surface area contributed by atoms with E-state index in [4.69, 9.17) is 16.3 Å². The molecule has 20 heavy (non-hydrogen) atoms. The van der Waals surface area contributed by atoms with E-state index in [1.54, 1.807) is 11.8 Å². The van der Waals surface area contributed by atoms with Crippen molar-refractivity contribution < 1.29 is 9.53 Å². The molecular formula is C12H14ClN5O2. The molecule has 106 valence electrons. The van der Waals surface area contributed by atoms with Gasteiger partial charge < -0.3 is 10.1 Å². The van der Waals surface area contributed by atoms with Gasteiger partial charge in [0.1, 0.15) is 5.75 Å². The highest BCUT2D eigenvalue weighted by Gasteiger charge is 2.09. The van der Waals surface area contributed by atoms with Crippen molar-refractivity contribution in [3.63, 3.8) is 0 Å². The number of alkyl halides is 1. The first-order valence-electron chi connectivity index (χ1n) is 5.99. The number of halogens is 1. The number of aromatic nitrogens is 4. The van der Waals surface area contributed by atoms with Gasteiger partial charge in [-0.1, -0.05) is 0 Å². The molecule has 2 aromatic rings. The maximum atomic E-state index is 11.4. The van der Waals surface area contributed by atoms with Crippen LogP contribution < -0.4 is 10.1 Å². The van der Waals surface area contributed by atoms with Gasteiger partial charge in [0, 0.05) is 12.3 Å². The third-order valence-corrected chi connectivity index (χ3v) is 2.81. The van der Waals surface area contributed by atoms with Gasteiger partial charge in [-0.15, -0.1) is 16.7 Å². The van der Waals surface area contributed by atoms with Gasteiger partial charge in [-0.2, -0.15) is 4.68 Å². The Hall–Kier alpha value is -2.15. The number of nitrogens with one attached hydrogen (secondary N) is 1. The summed E-state index contributed by atoms with van der Waals surface area (Å²) in [5.74, 6) is 1.44. The summed E-state index contributed by atoms with van der Waals surface area (Å²) in [4.78, 5) is 11.4. The summed E-state index contributed by atoms with van der Waals surface area (Å²) in [5, 5.41) is 14.1. The molecule has 1 N–H and O–H groups in total. The van der Waals surface area contributed by atoms with Crippen LogP contribution in [0.2, 0.25) is 0 Å². The van der Waals surface area contributed by atoms with Crippen molar-refractivity contribution in [1.82, 2.24) is 25.5 Å². The van der Waals surface area contributed by atoms with Gasteiger partial charge in [0.05, 0.1) is 19.3 Å². The second-order valence-electron chi connectivity index (χ2n) is 3.92. The van der Waals surface area contributed by atoms with Crippen molar-refractivity contribution in [2.75, 3.05) is 13.0 Å². The van der Waals surface area contributed by atoms with Crippen LogP contribution in [-0.4, -0.2) is 39.1 Å². The first-order chi connectivity index (χ1) is 9.74. The van der Waals surface area contributed by atoms with Crippen LogP contribution in [0.1, 0.15) is 12.2 Å². The molecule has 0 aliphatic heterocycles. The van der Waals surface area contributed by atoms with Crippen molar-refractivity contribution in [2.45, 2.75) is 13.0 Å². The summed E-state index contributed by atoms with van der Waals surface area (Å²) < 4.78 is 6.65. The van der Waals surface area contributed by atoms with Gasteiger partial charge in [0.15, 0.2) is 5.82 Å². The fourth-order valence-corrected chi connectivity index (χ4v) is 1.76. The van der Waals surface area contributed by atoms with Crippen LogP contribution >= 0.6 is 11.6 Å². The highest BCUT2D eigenvalue weighted by atomic mass is 35.5. The molecule has 1 heterocycles. The molecule has 0 fully saturated rings. The second-order valence-corrected chi connectivity index (χ2v) is 4.30. The minimum Gasteiger partial charge on any atom is -0.497 e. The van der Waals surface area contributed by atoms with E-state index in [1.165, 1.54) is 0 Å². The molecule has 0 aliphatic rings. The fourth-order valence-electron chi connectivity index (χ4n) is 1.59. The molecule has 2 rings (SSSR count). The molecule has 1 aromatic carbocycles. The van der Waals surface area contributed by atoms with Crippen molar-refractivity contribution in [1.29, 1.82) is 0 Å². The van der Waals surface area contributed by atoms with Crippen molar-refractivity contribution in [3.8, 4) is 11.4 Å². The number of nitrogens with zero attached hydrogens (tertiary/aromatic N) is 4. The first kappa shape index (κ1) is 14.3. The summed E-state index contributed by atoms with van der Waals surface area (Å²) in [6.07, 6.45) is 0.270. The predicted molar refractivity (Wildman–Crippen MR) is 72.9 cm³/mol. The zero-order valence-electron chi connectivity index (χ0n) is 10.9. The highest BCUT2D eigenvalue weighted by molar-refractivity contribution is 6.18. The molecule has 0 aliphatic carbocycles. The van der Waals surface area contributed by atoms with E-state index < -0.39 is 0 Å². The third kappa shape index (κ3) is 3.45. The predicted octanol–water partition coefficient (Wildman–Crippen LogP) is 0.916. The van der Waals surface area contributed by atoms with E-state index in [1.807, 2.05) is 24.3 Å². The molecule has 0 atom stereocenters. The highest BCUT2D eigenvalue weighted by Crippen LogP contribution is 2.14. The van der Waals surface area contributed by atoms with Crippen LogP contribution in [0.5, 0.6) is 5.75 Å². The Bertz CT molecular complexity index is 569. The Morgan fingerprint density at radius 1 is 1.40 bits per heavy atom. The molecule has 0 saturated carbocycles. The smallest absolute Gasteiger partial charge is 0.221 e. The number of carbonyl (C=O) groups excluding carboxylic acids is 1. The van der Waals surface area contributed by atoms with Crippen molar-refractivity contribution in [2.24, 2.45) is 0 Å². The number of ether oxygens (including phenoxy) is 1.